The summed E-state index contributed by atoms with van der Waals surface area (Å²) in [6, 6.07) is 15.3. The molecule has 0 saturated heterocycles. The molecule has 0 aliphatic rings. The van der Waals surface area contributed by atoms with Crippen molar-refractivity contribution >= 4 is 6.09 Å². The fraction of sp³-hybridized carbons (Fsp3) is 0.250. The Labute approximate surface area is 124 Å². The maximum atomic E-state index is 11.8. The zero-order valence-corrected chi connectivity index (χ0v) is 11.7. The number of hydrogen-bond acceptors (Lipinski definition) is 4. The molecule has 21 heavy (non-hydrogen) atoms. The van der Waals surface area contributed by atoms with Gasteiger partial charge in [-0.05, 0) is 17.7 Å². The Bertz CT molecular complexity index is 546. The van der Waals surface area contributed by atoms with Gasteiger partial charge in [0, 0.05) is 24.9 Å². The van der Waals surface area contributed by atoms with Crippen molar-refractivity contribution in [3.05, 3.63) is 66.0 Å². The maximum Gasteiger partial charge on any atom is 0.407 e. The summed E-state index contributed by atoms with van der Waals surface area (Å²) in [6.45, 7) is 0.514. The molecule has 0 saturated carbocycles. The van der Waals surface area contributed by atoms with Crippen LogP contribution >= 0.6 is 0 Å². The smallest absolute Gasteiger partial charge is 0.407 e. The number of nitrogens with one attached hydrogen (secondary N) is 1. The topological polar surface area (TPSA) is 77.2 Å². The molecule has 1 atom stereocenters. The summed E-state index contributed by atoms with van der Waals surface area (Å²) in [5.74, 6) is 0. The lowest BCUT2D eigenvalue weighted by Crippen LogP contribution is -2.31. The third-order valence-corrected chi connectivity index (χ3v) is 2.98. The number of amides is 1. The number of alkyl carbamates (subject to hydrolysis) is 1. The van der Waals surface area contributed by atoms with E-state index in [1.54, 1.807) is 6.20 Å². The van der Waals surface area contributed by atoms with Crippen molar-refractivity contribution in [2.45, 2.75) is 12.5 Å². The van der Waals surface area contributed by atoms with Crippen molar-refractivity contribution in [2.24, 2.45) is 5.73 Å². The standard InChI is InChI=1S/C16H19N3O2/c17-9-11-21-16(20)19-15(13-6-2-1-3-7-13)12-14-8-4-5-10-18-14/h1-8,10,15H,9,11-12,17H2,(H,19,20). The number of nitrogens with two attached hydrogens (primary N) is 1. The molecular formula is C16H19N3O2. The second-order valence-corrected chi connectivity index (χ2v) is 4.56. The minimum absolute atomic E-state index is 0.189. The molecule has 1 aromatic heterocycles. The summed E-state index contributed by atoms with van der Waals surface area (Å²) >= 11 is 0. The molecule has 5 nitrogen and oxygen atoms in total. The monoisotopic (exact) mass is 285 g/mol. The first kappa shape index (κ1) is 15.0. The van der Waals surface area contributed by atoms with E-state index >= 15 is 0 Å². The first-order chi connectivity index (χ1) is 10.3. The van der Waals surface area contributed by atoms with Gasteiger partial charge >= 0.3 is 6.09 Å². The van der Waals surface area contributed by atoms with Crippen LogP contribution in [0, 0.1) is 0 Å². The fourth-order valence-corrected chi connectivity index (χ4v) is 2.00. The summed E-state index contributed by atoms with van der Waals surface area (Å²) in [7, 11) is 0. The van der Waals surface area contributed by atoms with E-state index in [-0.39, 0.29) is 12.6 Å². The Balaban J connectivity index is 2.09. The molecule has 1 unspecified atom stereocenters. The molecular weight excluding hydrogens is 266 g/mol. The lowest BCUT2D eigenvalue weighted by atomic mass is 10.0. The predicted molar refractivity (Wildman–Crippen MR) is 80.7 cm³/mol. The lowest BCUT2D eigenvalue weighted by molar-refractivity contribution is 0.145. The summed E-state index contributed by atoms with van der Waals surface area (Å²) in [6.07, 6.45) is 1.87. The van der Waals surface area contributed by atoms with Crippen LogP contribution in [-0.2, 0) is 11.2 Å². The van der Waals surface area contributed by atoms with Gasteiger partial charge in [0.25, 0.3) is 0 Å². The van der Waals surface area contributed by atoms with Gasteiger partial charge in [-0.3, -0.25) is 4.98 Å². The highest BCUT2D eigenvalue weighted by atomic mass is 16.5. The highest BCUT2D eigenvalue weighted by Crippen LogP contribution is 2.17. The van der Waals surface area contributed by atoms with Crippen molar-refractivity contribution < 1.29 is 9.53 Å². The first-order valence-electron chi connectivity index (χ1n) is 6.88. The Kier molecular flexibility index (Phi) is 5.72. The molecule has 1 heterocycles. The van der Waals surface area contributed by atoms with E-state index in [2.05, 4.69) is 10.3 Å². The molecule has 0 radical (unpaired) electrons. The van der Waals surface area contributed by atoms with Crippen molar-refractivity contribution in [3.63, 3.8) is 0 Å². The van der Waals surface area contributed by atoms with E-state index in [0.29, 0.717) is 13.0 Å². The molecule has 0 spiro atoms. The average Bonchev–Trinajstić information content (AvgIpc) is 2.54. The Hall–Kier alpha value is -2.40. The number of carbonyl (C=O) groups excluding carboxylic acids is 1. The Morgan fingerprint density at radius 1 is 1.19 bits per heavy atom. The van der Waals surface area contributed by atoms with Crippen molar-refractivity contribution in [2.75, 3.05) is 13.2 Å². The molecule has 0 bridgehead atoms. The van der Waals surface area contributed by atoms with Gasteiger partial charge in [0.1, 0.15) is 6.61 Å². The molecule has 2 rings (SSSR count). The van der Waals surface area contributed by atoms with Gasteiger partial charge < -0.3 is 15.8 Å². The zero-order chi connectivity index (χ0) is 14.9. The number of benzene rings is 1. The van der Waals surface area contributed by atoms with E-state index in [0.717, 1.165) is 11.3 Å². The van der Waals surface area contributed by atoms with E-state index in [1.807, 2.05) is 48.5 Å². The van der Waals surface area contributed by atoms with Crippen molar-refractivity contribution in [3.8, 4) is 0 Å². The quantitative estimate of drug-likeness (QED) is 0.851. The summed E-state index contributed by atoms with van der Waals surface area (Å²) in [5, 5.41) is 2.86. The van der Waals surface area contributed by atoms with Gasteiger partial charge in [-0.1, -0.05) is 36.4 Å². The van der Waals surface area contributed by atoms with Crippen LogP contribution in [0.15, 0.2) is 54.7 Å². The summed E-state index contributed by atoms with van der Waals surface area (Å²) in [5.41, 5.74) is 7.24. The largest absolute Gasteiger partial charge is 0.448 e. The van der Waals surface area contributed by atoms with Gasteiger partial charge in [-0.25, -0.2) is 4.79 Å². The van der Waals surface area contributed by atoms with Crippen LogP contribution in [0.25, 0.3) is 0 Å². The summed E-state index contributed by atoms with van der Waals surface area (Å²) < 4.78 is 4.99. The number of rotatable bonds is 6. The van der Waals surface area contributed by atoms with Gasteiger partial charge in [0.2, 0.25) is 0 Å². The van der Waals surface area contributed by atoms with Crippen molar-refractivity contribution in [1.82, 2.24) is 10.3 Å². The predicted octanol–water partition coefficient (Wildman–Crippen LogP) is 2.05. The zero-order valence-electron chi connectivity index (χ0n) is 11.7. The number of hydrogen-bond donors (Lipinski definition) is 2. The molecule has 5 heteroatoms. The SMILES string of the molecule is NCCOC(=O)NC(Cc1ccccn1)c1ccccc1. The lowest BCUT2D eigenvalue weighted by Gasteiger charge is -2.18. The number of nitrogens with zero attached hydrogens (tertiary/aromatic N) is 1. The third kappa shape index (κ3) is 4.89. The Morgan fingerprint density at radius 3 is 2.62 bits per heavy atom. The number of pyridine rings is 1. The van der Waals surface area contributed by atoms with Gasteiger partial charge in [-0.15, -0.1) is 0 Å². The molecule has 3 N–H and O–H groups in total. The fourth-order valence-electron chi connectivity index (χ4n) is 2.00. The second-order valence-electron chi connectivity index (χ2n) is 4.56. The highest BCUT2D eigenvalue weighted by Gasteiger charge is 2.16. The van der Waals surface area contributed by atoms with Crippen LogP contribution in [-0.4, -0.2) is 24.2 Å². The van der Waals surface area contributed by atoms with Gasteiger partial charge in [0.05, 0.1) is 6.04 Å². The highest BCUT2D eigenvalue weighted by molar-refractivity contribution is 5.68. The minimum Gasteiger partial charge on any atom is -0.448 e. The van der Waals surface area contributed by atoms with E-state index < -0.39 is 6.09 Å². The van der Waals surface area contributed by atoms with Crippen LogP contribution in [0.1, 0.15) is 17.3 Å². The summed E-state index contributed by atoms with van der Waals surface area (Å²) in [4.78, 5) is 16.1. The first-order valence-corrected chi connectivity index (χ1v) is 6.88. The van der Waals surface area contributed by atoms with E-state index in [4.69, 9.17) is 10.5 Å². The molecule has 0 aliphatic carbocycles. The molecule has 1 amide bonds. The van der Waals surface area contributed by atoms with E-state index in [1.165, 1.54) is 0 Å². The van der Waals surface area contributed by atoms with Crippen LogP contribution in [0.4, 0.5) is 4.79 Å². The van der Waals surface area contributed by atoms with Crippen molar-refractivity contribution in [1.29, 1.82) is 0 Å². The third-order valence-electron chi connectivity index (χ3n) is 2.98. The van der Waals surface area contributed by atoms with Crippen LogP contribution in [0.3, 0.4) is 0 Å². The number of carbonyl (C=O) groups is 1. The van der Waals surface area contributed by atoms with Crippen LogP contribution in [0.5, 0.6) is 0 Å². The van der Waals surface area contributed by atoms with Crippen LogP contribution < -0.4 is 11.1 Å². The molecule has 2 aromatic rings. The van der Waals surface area contributed by atoms with Crippen LogP contribution in [0.2, 0.25) is 0 Å². The second kappa shape index (κ2) is 8.01. The van der Waals surface area contributed by atoms with E-state index in [9.17, 15) is 4.79 Å². The molecule has 0 aliphatic heterocycles. The maximum absolute atomic E-state index is 11.8. The number of ether oxygens (including phenoxy) is 1. The molecule has 110 valence electrons. The van der Waals surface area contributed by atoms with Gasteiger partial charge in [-0.2, -0.15) is 0 Å². The average molecular weight is 285 g/mol. The van der Waals surface area contributed by atoms with Gasteiger partial charge in [0.15, 0.2) is 0 Å². The normalized spacial score (nSPS) is 11.7. The number of aromatic nitrogens is 1. The Morgan fingerprint density at radius 2 is 1.95 bits per heavy atom. The minimum atomic E-state index is -0.467. The molecule has 0 fully saturated rings. The molecule has 1 aromatic carbocycles.